The average molecular weight is 261 g/mol. The Morgan fingerprint density at radius 3 is 2.53 bits per heavy atom. The summed E-state index contributed by atoms with van der Waals surface area (Å²) in [4.78, 5) is 21.6. The SMILES string of the molecule is CNC(=O)CCCS(=O)CC1(CC(=O)O)CC1. The molecule has 0 heterocycles. The van der Waals surface area contributed by atoms with Crippen LogP contribution in [0.4, 0.5) is 0 Å². The summed E-state index contributed by atoms with van der Waals surface area (Å²) >= 11 is 0. The van der Waals surface area contributed by atoms with Crippen molar-refractivity contribution in [2.24, 2.45) is 5.41 Å². The molecule has 1 unspecified atom stereocenters. The second-order valence-corrected chi connectivity index (χ2v) is 6.21. The van der Waals surface area contributed by atoms with Gasteiger partial charge in [-0.3, -0.25) is 13.8 Å². The number of carbonyl (C=O) groups is 2. The molecule has 0 aromatic rings. The lowest BCUT2D eigenvalue weighted by molar-refractivity contribution is -0.138. The van der Waals surface area contributed by atoms with E-state index in [1.165, 1.54) is 0 Å². The molecule has 1 fully saturated rings. The van der Waals surface area contributed by atoms with Crippen molar-refractivity contribution in [2.75, 3.05) is 18.6 Å². The molecule has 17 heavy (non-hydrogen) atoms. The van der Waals surface area contributed by atoms with E-state index in [9.17, 15) is 13.8 Å². The molecule has 1 aliphatic carbocycles. The summed E-state index contributed by atoms with van der Waals surface area (Å²) in [5.74, 6) is 0.0838. The van der Waals surface area contributed by atoms with Gasteiger partial charge in [0.25, 0.3) is 0 Å². The lowest BCUT2D eigenvalue weighted by atomic mass is 10.1. The highest BCUT2D eigenvalue weighted by Gasteiger charge is 2.45. The fraction of sp³-hybridized carbons (Fsp3) is 0.818. The van der Waals surface area contributed by atoms with Gasteiger partial charge >= 0.3 is 5.97 Å². The summed E-state index contributed by atoms with van der Waals surface area (Å²) in [5.41, 5.74) is -0.219. The third-order valence-electron chi connectivity index (χ3n) is 3.01. The molecule has 98 valence electrons. The number of aliphatic carboxylic acids is 1. The third kappa shape index (κ3) is 5.30. The molecular weight excluding hydrogens is 242 g/mol. The van der Waals surface area contributed by atoms with Gasteiger partial charge in [0.2, 0.25) is 5.91 Å². The van der Waals surface area contributed by atoms with E-state index in [1.54, 1.807) is 7.05 Å². The van der Waals surface area contributed by atoms with Crippen LogP contribution in [0.2, 0.25) is 0 Å². The maximum atomic E-state index is 11.7. The molecule has 5 nitrogen and oxygen atoms in total. The maximum Gasteiger partial charge on any atom is 0.303 e. The fourth-order valence-electron chi connectivity index (χ4n) is 1.80. The van der Waals surface area contributed by atoms with Crippen LogP contribution in [0.3, 0.4) is 0 Å². The number of hydrogen-bond acceptors (Lipinski definition) is 3. The molecule has 6 heteroatoms. The van der Waals surface area contributed by atoms with Crippen molar-refractivity contribution in [1.29, 1.82) is 0 Å². The monoisotopic (exact) mass is 261 g/mol. The van der Waals surface area contributed by atoms with Gasteiger partial charge in [0.05, 0.1) is 6.42 Å². The van der Waals surface area contributed by atoms with Gasteiger partial charge in [-0.05, 0) is 24.7 Å². The Hall–Kier alpha value is -0.910. The number of carbonyl (C=O) groups excluding carboxylic acids is 1. The molecule has 1 saturated carbocycles. The van der Waals surface area contributed by atoms with Crippen LogP contribution in [-0.4, -0.2) is 39.7 Å². The van der Waals surface area contributed by atoms with Gasteiger partial charge in [-0.25, -0.2) is 0 Å². The molecule has 2 N–H and O–H groups in total. The fourth-order valence-corrected chi connectivity index (χ4v) is 3.49. The smallest absolute Gasteiger partial charge is 0.303 e. The van der Waals surface area contributed by atoms with Crippen molar-refractivity contribution in [3.05, 3.63) is 0 Å². The summed E-state index contributed by atoms with van der Waals surface area (Å²) in [6.07, 6.45) is 2.82. The van der Waals surface area contributed by atoms with Crippen LogP contribution in [0.15, 0.2) is 0 Å². The highest BCUT2D eigenvalue weighted by molar-refractivity contribution is 7.85. The van der Waals surface area contributed by atoms with Crippen LogP contribution in [-0.2, 0) is 20.4 Å². The normalized spacial score (nSPS) is 18.4. The van der Waals surface area contributed by atoms with Gasteiger partial charge in [-0.15, -0.1) is 0 Å². The molecule has 0 saturated heterocycles. The Balaban J connectivity index is 2.21. The van der Waals surface area contributed by atoms with Crippen LogP contribution in [0.5, 0.6) is 0 Å². The van der Waals surface area contributed by atoms with Crippen LogP contribution in [0.1, 0.15) is 32.1 Å². The van der Waals surface area contributed by atoms with Crippen LogP contribution in [0, 0.1) is 5.41 Å². The van der Waals surface area contributed by atoms with Crippen molar-refractivity contribution in [1.82, 2.24) is 5.32 Å². The van der Waals surface area contributed by atoms with Gasteiger partial charge in [0, 0.05) is 35.8 Å². The van der Waals surface area contributed by atoms with Crippen molar-refractivity contribution < 1.29 is 18.9 Å². The predicted molar refractivity (Wildman–Crippen MR) is 65.1 cm³/mol. The first-order valence-electron chi connectivity index (χ1n) is 5.75. The molecular formula is C11H19NO4S. The molecule has 0 radical (unpaired) electrons. The predicted octanol–water partition coefficient (Wildman–Crippen LogP) is 0.516. The molecule has 1 amide bonds. The van der Waals surface area contributed by atoms with E-state index >= 15 is 0 Å². The summed E-state index contributed by atoms with van der Waals surface area (Å²) in [6.45, 7) is 0. The van der Waals surface area contributed by atoms with Crippen LogP contribution in [0.25, 0.3) is 0 Å². The van der Waals surface area contributed by atoms with Gasteiger partial charge in [-0.2, -0.15) is 0 Å². The van der Waals surface area contributed by atoms with E-state index in [0.717, 1.165) is 12.8 Å². The number of carboxylic acids is 1. The third-order valence-corrected chi connectivity index (χ3v) is 4.68. The Morgan fingerprint density at radius 2 is 2.06 bits per heavy atom. The molecule has 0 aromatic heterocycles. The molecule has 1 rings (SSSR count). The minimum Gasteiger partial charge on any atom is -0.481 e. The molecule has 0 aliphatic heterocycles. The zero-order chi connectivity index (χ0) is 12.9. The number of amides is 1. The minimum atomic E-state index is -1.01. The van der Waals surface area contributed by atoms with E-state index in [-0.39, 0.29) is 17.7 Å². The average Bonchev–Trinajstić information content (AvgIpc) is 2.96. The summed E-state index contributed by atoms with van der Waals surface area (Å²) in [7, 11) is 0.570. The zero-order valence-electron chi connectivity index (χ0n) is 10.0. The maximum absolute atomic E-state index is 11.7. The first-order chi connectivity index (χ1) is 7.97. The van der Waals surface area contributed by atoms with Crippen LogP contribution < -0.4 is 5.32 Å². The number of nitrogens with one attached hydrogen (secondary N) is 1. The Kier molecular flexibility index (Phi) is 5.11. The molecule has 1 aliphatic rings. The van der Waals surface area contributed by atoms with Gasteiger partial charge in [0.1, 0.15) is 0 Å². The highest BCUT2D eigenvalue weighted by atomic mass is 32.2. The second kappa shape index (κ2) is 6.14. The Morgan fingerprint density at radius 1 is 1.41 bits per heavy atom. The van der Waals surface area contributed by atoms with E-state index < -0.39 is 16.8 Å². The standard InChI is InChI=1S/C11H19NO4S/c1-12-9(13)3-2-6-17(16)8-11(4-5-11)7-10(14)15/h2-8H2,1H3,(H,12,13)(H,14,15). The second-order valence-electron chi connectivity index (χ2n) is 4.64. The largest absolute Gasteiger partial charge is 0.481 e. The molecule has 0 bridgehead atoms. The van der Waals surface area contributed by atoms with Crippen molar-refractivity contribution in [3.8, 4) is 0 Å². The van der Waals surface area contributed by atoms with E-state index in [4.69, 9.17) is 5.11 Å². The Labute approximate surface area is 103 Å². The number of hydrogen-bond donors (Lipinski definition) is 2. The first-order valence-corrected chi connectivity index (χ1v) is 7.24. The highest BCUT2D eigenvalue weighted by Crippen LogP contribution is 2.49. The van der Waals surface area contributed by atoms with Gasteiger partial charge in [-0.1, -0.05) is 0 Å². The molecule has 1 atom stereocenters. The lowest BCUT2D eigenvalue weighted by Gasteiger charge is -2.11. The Bertz CT molecular complexity index is 325. The van der Waals surface area contributed by atoms with Crippen molar-refractivity contribution >= 4 is 22.7 Å². The van der Waals surface area contributed by atoms with E-state index in [0.29, 0.717) is 24.3 Å². The summed E-state index contributed by atoms with van der Waals surface area (Å²) < 4.78 is 11.7. The summed E-state index contributed by atoms with van der Waals surface area (Å²) in [6, 6.07) is 0. The molecule has 0 spiro atoms. The van der Waals surface area contributed by atoms with Gasteiger partial charge in [0.15, 0.2) is 0 Å². The first kappa shape index (κ1) is 14.2. The minimum absolute atomic E-state index is 0.0475. The topological polar surface area (TPSA) is 83.5 Å². The number of carboxylic acid groups (broad SMARTS) is 1. The number of rotatable bonds is 8. The van der Waals surface area contributed by atoms with E-state index in [2.05, 4.69) is 5.32 Å². The zero-order valence-corrected chi connectivity index (χ0v) is 10.8. The summed E-state index contributed by atoms with van der Waals surface area (Å²) in [5, 5.41) is 11.2. The van der Waals surface area contributed by atoms with E-state index in [1.807, 2.05) is 0 Å². The van der Waals surface area contributed by atoms with Crippen molar-refractivity contribution in [3.63, 3.8) is 0 Å². The quantitative estimate of drug-likeness (QED) is 0.667. The van der Waals surface area contributed by atoms with Crippen LogP contribution >= 0.6 is 0 Å². The van der Waals surface area contributed by atoms with Crippen molar-refractivity contribution in [2.45, 2.75) is 32.1 Å². The lowest BCUT2D eigenvalue weighted by Crippen LogP contribution is -2.20. The molecule has 0 aromatic carbocycles. The van der Waals surface area contributed by atoms with Gasteiger partial charge < -0.3 is 10.4 Å².